The number of aryl methyl sites for hydroxylation is 2. The number of anilines is 1. The topological polar surface area (TPSA) is 47.6 Å². The normalized spacial score (nSPS) is 13.1. The van der Waals surface area contributed by atoms with Gasteiger partial charge in [0.2, 0.25) is 0 Å². The summed E-state index contributed by atoms with van der Waals surface area (Å²) in [6.45, 7) is 3.40. The van der Waals surface area contributed by atoms with Crippen molar-refractivity contribution in [1.82, 2.24) is 0 Å². The van der Waals surface area contributed by atoms with Crippen molar-refractivity contribution in [3.05, 3.63) is 29.3 Å². The lowest BCUT2D eigenvalue weighted by atomic mass is 10.1. The van der Waals surface area contributed by atoms with Gasteiger partial charge < -0.3 is 14.8 Å². The van der Waals surface area contributed by atoms with Crippen LogP contribution in [0.15, 0.2) is 18.2 Å². The molecule has 1 N–H and O–H groups in total. The number of benzene rings is 1. The van der Waals surface area contributed by atoms with Gasteiger partial charge in [0.05, 0.1) is 13.2 Å². The fourth-order valence-corrected chi connectivity index (χ4v) is 2.31. The molecule has 4 nitrogen and oxygen atoms in total. The number of hydrogen-bond donors (Lipinski definition) is 1. The lowest BCUT2D eigenvalue weighted by molar-refractivity contribution is -0.148. The molecule has 1 aromatic carbocycles. The molecule has 0 aromatic heterocycles. The zero-order valence-corrected chi connectivity index (χ0v) is 11.4. The first-order valence-electron chi connectivity index (χ1n) is 6.88. The molecule has 1 aromatic rings. The van der Waals surface area contributed by atoms with Gasteiger partial charge in [0.1, 0.15) is 6.61 Å². The Morgan fingerprint density at radius 3 is 3.00 bits per heavy atom. The van der Waals surface area contributed by atoms with Gasteiger partial charge in [-0.1, -0.05) is 6.07 Å². The van der Waals surface area contributed by atoms with E-state index in [1.54, 1.807) is 6.92 Å². The Labute approximate surface area is 114 Å². The summed E-state index contributed by atoms with van der Waals surface area (Å²) < 4.78 is 10.00. The molecule has 0 radical (unpaired) electrons. The van der Waals surface area contributed by atoms with Crippen LogP contribution in [0.2, 0.25) is 0 Å². The first kappa shape index (κ1) is 13.9. The molecular formula is C15H21NO3. The number of carbonyl (C=O) groups is 1. The number of hydrogen-bond acceptors (Lipinski definition) is 4. The van der Waals surface area contributed by atoms with Gasteiger partial charge in [-0.2, -0.15) is 0 Å². The molecule has 0 atom stereocenters. The minimum Gasteiger partial charge on any atom is -0.464 e. The SMILES string of the molecule is CCOC(=O)COCCNc1ccc2c(c1)CCC2. The molecular weight excluding hydrogens is 242 g/mol. The molecule has 0 bridgehead atoms. The number of carbonyl (C=O) groups excluding carboxylic acids is 1. The van der Waals surface area contributed by atoms with Crippen molar-refractivity contribution in [2.24, 2.45) is 0 Å². The summed E-state index contributed by atoms with van der Waals surface area (Å²) in [6, 6.07) is 6.52. The van der Waals surface area contributed by atoms with E-state index < -0.39 is 0 Å². The van der Waals surface area contributed by atoms with Crippen LogP contribution in [0.5, 0.6) is 0 Å². The molecule has 4 heteroatoms. The van der Waals surface area contributed by atoms with Crippen LogP contribution in [0.3, 0.4) is 0 Å². The van der Waals surface area contributed by atoms with Gasteiger partial charge in [-0.15, -0.1) is 0 Å². The summed E-state index contributed by atoms with van der Waals surface area (Å²) >= 11 is 0. The Kier molecular flexibility index (Phi) is 5.21. The number of ether oxygens (including phenoxy) is 2. The van der Waals surface area contributed by atoms with E-state index in [0.29, 0.717) is 19.8 Å². The Morgan fingerprint density at radius 1 is 1.32 bits per heavy atom. The molecule has 0 heterocycles. The molecule has 0 fully saturated rings. The summed E-state index contributed by atoms with van der Waals surface area (Å²) in [5.41, 5.74) is 4.06. The van der Waals surface area contributed by atoms with Crippen LogP contribution in [-0.4, -0.2) is 32.3 Å². The van der Waals surface area contributed by atoms with Crippen molar-refractivity contribution in [2.45, 2.75) is 26.2 Å². The molecule has 0 amide bonds. The number of rotatable bonds is 7. The van der Waals surface area contributed by atoms with Crippen molar-refractivity contribution in [3.63, 3.8) is 0 Å². The zero-order valence-electron chi connectivity index (χ0n) is 11.4. The second-order valence-corrected chi connectivity index (χ2v) is 4.62. The molecule has 1 aliphatic carbocycles. The van der Waals surface area contributed by atoms with Crippen LogP contribution in [0.1, 0.15) is 24.5 Å². The highest BCUT2D eigenvalue weighted by atomic mass is 16.6. The maximum absolute atomic E-state index is 11.0. The Morgan fingerprint density at radius 2 is 2.16 bits per heavy atom. The predicted molar refractivity (Wildman–Crippen MR) is 74.4 cm³/mol. The van der Waals surface area contributed by atoms with E-state index in [1.165, 1.54) is 30.4 Å². The zero-order chi connectivity index (χ0) is 13.5. The van der Waals surface area contributed by atoms with Crippen molar-refractivity contribution in [1.29, 1.82) is 0 Å². The molecule has 0 saturated carbocycles. The fraction of sp³-hybridized carbons (Fsp3) is 0.533. The van der Waals surface area contributed by atoms with Crippen LogP contribution >= 0.6 is 0 Å². The number of nitrogens with one attached hydrogen (secondary N) is 1. The third-order valence-electron chi connectivity index (χ3n) is 3.20. The molecule has 0 unspecified atom stereocenters. The number of fused-ring (bicyclic) bond motifs is 1. The van der Waals surface area contributed by atoms with E-state index in [1.807, 2.05) is 0 Å². The monoisotopic (exact) mass is 263 g/mol. The fourth-order valence-electron chi connectivity index (χ4n) is 2.31. The molecule has 1 aliphatic rings. The van der Waals surface area contributed by atoms with Crippen molar-refractivity contribution in [3.8, 4) is 0 Å². The first-order chi connectivity index (χ1) is 9.29. The smallest absolute Gasteiger partial charge is 0.332 e. The van der Waals surface area contributed by atoms with Gasteiger partial charge in [0.25, 0.3) is 0 Å². The van der Waals surface area contributed by atoms with Gasteiger partial charge in [0, 0.05) is 12.2 Å². The van der Waals surface area contributed by atoms with E-state index >= 15 is 0 Å². The average molecular weight is 263 g/mol. The summed E-state index contributed by atoms with van der Waals surface area (Å²) in [7, 11) is 0. The Balaban J connectivity index is 1.65. The van der Waals surface area contributed by atoms with Crippen LogP contribution in [0.4, 0.5) is 5.69 Å². The largest absolute Gasteiger partial charge is 0.464 e. The molecule has 0 aliphatic heterocycles. The Hall–Kier alpha value is -1.55. The standard InChI is InChI=1S/C15H21NO3/c1-2-19-15(17)11-18-9-8-16-14-7-6-12-4-3-5-13(12)10-14/h6-7,10,16H,2-5,8-9,11H2,1H3. The van der Waals surface area contributed by atoms with Crippen LogP contribution < -0.4 is 5.32 Å². The van der Waals surface area contributed by atoms with E-state index in [2.05, 4.69) is 23.5 Å². The van der Waals surface area contributed by atoms with Crippen LogP contribution in [0.25, 0.3) is 0 Å². The average Bonchev–Trinajstić information content (AvgIpc) is 2.86. The molecule has 2 rings (SSSR count). The van der Waals surface area contributed by atoms with Gasteiger partial charge in [0.15, 0.2) is 0 Å². The third kappa shape index (κ3) is 4.24. The van der Waals surface area contributed by atoms with E-state index in [-0.39, 0.29) is 12.6 Å². The summed E-state index contributed by atoms with van der Waals surface area (Å²) in [4.78, 5) is 11.0. The minimum atomic E-state index is -0.306. The summed E-state index contributed by atoms with van der Waals surface area (Å²) in [5, 5.41) is 3.30. The Bertz CT molecular complexity index is 431. The van der Waals surface area contributed by atoms with Crippen molar-refractivity contribution >= 4 is 11.7 Å². The van der Waals surface area contributed by atoms with E-state index in [0.717, 1.165) is 5.69 Å². The second kappa shape index (κ2) is 7.14. The highest BCUT2D eigenvalue weighted by molar-refractivity contribution is 5.70. The quantitative estimate of drug-likeness (QED) is 0.605. The molecule has 104 valence electrons. The third-order valence-corrected chi connectivity index (χ3v) is 3.20. The summed E-state index contributed by atoms with van der Waals surface area (Å²) in [6.07, 6.45) is 3.66. The second-order valence-electron chi connectivity index (χ2n) is 4.62. The molecule has 0 saturated heterocycles. The number of esters is 1. The predicted octanol–water partition coefficient (Wildman–Crippen LogP) is 2.17. The highest BCUT2D eigenvalue weighted by Crippen LogP contribution is 2.24. The van der Waals surface area contributed by atoms with E-state index in [9.17, 15) is 4.79 Å². The van der Waals surface area contributed by atoms with Gasteiger partial charge in [-0.25, -0.2) is 4.79 Å². The summed E-state index contributed by atoms with van der Waals surface area (Å²) in [5.74, 6) is -0.306. The first-order valence-corrected chi connectivity index (χ1v) is 6.88. The van der Waals surface area contributed by atoms with Gasteiger partial charge in [-0.3, -0.25) is 0 Å². The van der Waals surface area contributed by atoms with Crippen LogP contribution in [0, 0.1) is 0 Å². The van der Waals surface area contributed by atoms with Crippen molar-refractivity contribution in [2.75, 3.05) is 31.7 Å². The minimum absolute atomic E-state index is 0.0275. The highest BCUT2D eigenvalue weighted by Gasteiger charge is 2.10. The van der Waals surface area contributed by atoms with E-state index in [4.69, 9.17) is 9.47 Å². The van der Waals surface area contributed by atoms with Crippen LogP contribution in [-0.2, 0) is 27.1 Å². The maximum Gasteiger partial charge on any atom is 0.332 e. The molecule has 19 heavy (non-hydrogen) atoms. The maximum atomic E-state index is 11.0. The van der Waals surface area contributed by atoms with Gasteiger partial charge >= 0.3 is 5.97 Å². The lowest BCUT2D eigenvalue weighted by Crippen LogP contribution is -2.16. The van der Waals surface area contributed by atoms with Gasteiger partial charge in [-0.05, 0) is 49.4 Å². The molecule has 0 spiro atoms. The lowest BCUT2D eigenvalue weighted by Gasteiger charge is -2.09. The van der Waals surface area contributed by atoms with Crippen molar-refractivity contribution < 1.29 is 14.3 Å².